The number of esters is 2. The maximum Gasteiger partial charge on any atom is 0.338 e. The van der Waals surface area contributed by atoms with Crippen LogP contribution in [0.1, 0.15) is 68.9 Å². The molecule has 3 atom stereocenters. The van der Waals surface area contributed by atoms with Crippen LogP contribution in [0.25, 0.3) is 0 Å². The summed E-state index contributed by atoms with van der Waals surface area (Å²) in [7, 11) is 2.53. The van der Waals surface area contributed by atoms with Crippen LogP contribution in [-0.4, -0.2) is 38.4 Å². The lowest BCUT2D eigenvalue weighted by Gasteiger charge is -2.47. The maximum atomic E-state index is 12.7. The van der Waals surface area contributed by atoms with Crippen molar-refractivity contribution in [2.75, 3.05) is 14.2 Å². The van der Waals surface area contributed by atoms with Gasteiger partial charge in [0.25, 0.3) is 0 Å². The summed E-state index contributed by atoms with van der Waals surface area (Å²) in [6, 6.07) is 20.1. The highest BCUT2D eigenvalue weighted by molar-refractivity contribution is 5.86. The fraction of sp³-hybridized carbons (Fsp3) is 0.500. The van der Waals surface area contributed by atoms with Gasteiger partial charge in [-0.2, -0.15) is 0 Å². The number of carbonyl (C=O) groups excluding carboxylic acids is 2. The van der Waals surface area contributed by atoms with Crippen LogP contribution in [-0.2, 0) is 34.3 Å². The van der Waals surface area contributed by atoms with Gasteiger partial charge in [-0.1, -0.05) is 86.7 Å². The lowest BCUT2D eigenvalue weighted by molar-refractivity contribution is -0.208. The Morgan fingerprint density at radius 2 is 1.47 bits per heavy atom. The molecule has 1 aliphatic carbocycles. The molecule has 1 aliphatic heterocycles. The molecule has 203 valence electrons. The molecule has 38 heavy (non-hydrogen) atoms. The van der Waals surface area contributed by atoms with Crippen molar-refractivity contribution in [2.45, 2.75) is 75.8 Å². The molecule has 1 saturated carbocycles. The summed E-state index contributed by atoms with van der Waals surface area (Å²) in [6.07, 6.45) is 5.86. The number of hydrogen-bond acceptors (Lipinski definition) is 6. The zero-order valence-corrected chi connectivity index (χ0v) is 22.6. The Morgan fingerprint density at radius 1 is 0.947 bits per heavy atom. The second-order valence-corrected chi connectivity index (χ2v) is 10.5. The topological polar surface area (TPSA) is 71.1 Å². The highest BCUT2D eigenvalue weighted by atomic mass is 16.8. The maximum absolute atomic E-state index is 12.7. The number of hydrogen-bond donors (Lipinski definition) is 0. The standard InChI is InChI=1S/C32H39O6/c1-5-19-31(20-17-24(18-21-31)23-13-9-7-10-14-23)25(6-2)22-32(26-15-11-8-12-16-26)37-27(29(33)35-3)28(38-32)30(34)36-4/h2,6-16,24-25,27-28H,5,17-22H2,1,3-4H3/t24?,25?,27-,28-,31?/m1/s1. The van der Waals surface area contributed by atoms with Gasteiger partial charge in [-0.15, -0.1) is 0 Å². The molecule has 0 aromatic heterocycles. The molecule has 2 fully saturated rings. The Bertz CT molecular complexity index is 1050. The summed E-state index contributed by atoms with van der Waals surface area (Å²) >= 11 is 0. The molecule has 0 bridgehead atoms. The zero-order chi connectivity index (χ0) is 27.2. The summed E-state index contributed by atoms with van der Waals surface area (Å²) in [4.78, 5) is 25.4. The molecule has 6 nitrogen and oxygen atoms in total. The van der Waals surface area contributed by atoms with Crippen LogP contribution in [0.2, 0.25) is 0 Å². The molecule has 2 aliphatic rings. The third-order valence-electron chi connectivity index (χ3n) is 8.50. The molecular formula is C32H39O6. The Labute approximate surface area is 226 Å². The van der Waals surface area contributed by atoms with Crippen molar-refractivity contribution in [3.63, 3.8) is 0 Å². The molecule has 0 amide bonds. The van der Waals surface area contributed by atoms with Gasteiger partial charge in [0.15, 0.2) is 18.0 Å². The third kappa shape index (κ3) is 5.57. The predicted molar refractivity (Wildman–Crippen MR) is 144 cm³/mol. The lowest BCUT2D eigenvalue weighted by atomic mass is 9.59. The Kier molecular flexibility index (Phi) is 9.06. The van der Waals surface area contributed by atoms with Gasteiger partial charge in [0.1, 0.15) is 0 Å². The van der Waals surface area contributed by atoms with Crippen molar-refractivity contribution in [1.82, 2.24) is 0 Å². The summed E-state index contributed by atoms with van der Waals surface area (Å²) in [5, 5.41) is 0. The van der Waals surface area contributed by atoms with Crippen molar-refractivity contribution in [3.8, 4) is 0 Å². The third-order valence-corrected chi connectivity index (χ3v) is 8.50. The van der Waals surface area contributed by atoms with E-state index in [1.807, 2.05) is 30.3 Å². The van der Waals surface area contributed by atoms with E-state index in [2.05, 4.69) is 37.3 Å². The quantitative estimate of drug-likeness (QED) is 0.353. The Balaban J connectivity index is 1.67. The number of benzene rings is 2. The zero-order valence-electron chi connectivity index (χ0n) is 22.6. The van der Waals surface area contributed by atoms with Crippen molar-refractivity contribution in [2.24, 2.45) is 11.3 Å². The minimum Gasteiger partial charge on any atom is -0.467 e. The van der Waals surface area contributed by atoms with E-state index in [1.165, 1.54) is 19.8 Å². The smallest absolute Gasteiger partial charge is 0.338 e. The van der Waals surface area contributed by atoms with Crippen LogP contribution in [0, 0.1) is 17.9 Å². The summed E-state index contributed by atoms with van der Waals surface area (Å²) in [5.74, 6) is -2.28. The highest BCUT2D eigenvalue weighted by Gasteiger charge is 2.57. The van der Waals surface area contributed by atoms with Gasteiger partial charge in [-0.05, 0) is 54.9 Å². The average Bonchev–Trinajstić information content (AvgIpc) is 3.37. The van der Waals surface area contributed by atoms with Gasteiger partial charge in [0.05, 0.1) is 14.2 Å². The van der Waals surface area contributed by atoms with Crippen molar-refractivity contribution < 1.29 is 28.5 Å². The SMILES string of the molecule is [CH]=CC(CC1(c2ccccc2)O[C@@H](C(=O)OC)[C@H](C(=O)OC)O1)C1(CCC)CCC(c2ccccc2)CC1. The predicted octanol–water partition coefficient (Wildman–Crippen LogP) is 6.11. The molecule has 6 heteroatoms. The van der Waals surface area contributed by atoms with Gasteiger partial charge >= 0.3 is 11.9 Å². The van der Waals surface area contributed by atoms with Gasteiger partial charge in [-0.3, -0.25) is 0 Å². The summed E-state index contributed by atoms with van der Waals surface area (Å²) < 4.78 is 22.7. The minimum atomic E-state index is -1.36. The van der Waals surface area contributed by atoms with Crippen LogP contribution < -0.4 is 0 Å². The second-order valence-electron chi connectivity index (χ2n) is 10.5. The van der Waals surface area contributed by atoms with Crippen molar-refractivity contribution in [3.05, 3.63) is 84.4 Å². The number of carbonyl (C=O) groups is 2. The van der Waals surface area contributed by atoms with Gasteiger partial charge in [0, 0.05) is 12.0 Å². The fourth-order valence-corrected chi connectivity index (χ4v) is 6.51. The molecule has 2 aromatic rings. The normalized spacial score (nSPS) is 27.3. The molecule has 0 spiro atoms. The van der Waals surface area contributed by atoms with E-state index in [9.17, 15) is 9.59 Å². The molecule has 1 heterocycles. The number of allylic oxidation sites excluding steroid dienone is 1. The van der Waals surface area contributed by atoms with Crippen molar-refractivity contribution in [1.29, 1.82) is 0 Å². The summed E-state index contributed by atoms with van der Waals surface area (Å²) in [5.41, 5.74) is 2.06. The molecular weight excluding hydrogens is 480 g/mol. The van der Waals surface area contributed by atoms with Gasteiger partial charge in [-0.25, -0.2) is 9.59 Å². The van der Waals surface area contributed by atoms with E-state index in [0.717, 1.165) is 44.1 Å². The molecule has 4 rings (SSSR count). The van der Waals surface area contributed by atoms with Crippen LogP contribution in [0.15, 0.2) is 66.7 Å². The Morgan fingerprint density at radius 3 is 1.95 bits per heavy atom. The van der Waals surface area contributed by atoms with Crippen LogP contribution in [0.4, 0.5) is 0 Å². The number of rotatable bonds is 10. The first kappa shape index (κ1) is 28.1. The lowest BCUT2D eigenvalue weighted by Crippen LogP contribution is -2.40. The minimum absolute atomic E-state index is 0.0482. The van der Waals surface area contributed by atoms with Crippen LogP contribution >= 0.6 is 0 Å². The molecule has 1 radical (unpaired) electrons. The van der Waals surface area contributed by atoms with E-state index < -0.39 is 29.9 Å². The molecule has 2 aromatic carbocycles. The van der Waals surface area contributed by atoms with E-state index in [-0.39, 0.29) is 11.3 Å². The van der Waals surface area contributed by atoms with Crippen molar-refractivity contribution >= 4 is 11.9 Å². The first-order chi connectivity index (χ1) is 18.4. The molecule has 0 N–H and O–H groups in total. The van der Waals surface area contributed by atoms with Gasteiger partial charge in [0.2, 0.25) is 0 Å². The summed E-state index contributed by atoms with van der Waals surface area (Å²) in [6.45, 7) is 8.60. The first-order valence-electron chi connectivity index (χ1n) is 13.6. The van der Waals surface area contributed by atoms with E-state index in [0.29, 0.717) is 12.3 Å². The molecule has 1 saturated heterocycles. The number of methoxy groups -OCH3 is 2. The highest BCUT2D eigenvalue weighted by Crippen LogP contribution is 2.55. The Hall–Kier alpha value is -2.96. The van der Waals surface area contributed by atoms with Crippen LogP contribution in [0.3, 0.4) is 0 Å². The first-order valence-corrected chi connectivity index (χ1v) is 13.6. The van der Waals surface area contributed by atoms with E-state index >= 15 is 0 Å². The monoisotopic (exact) mass is 519 g/mol. The van der Waals surface area contributed by atoms with E-state index in [1.54, 1.807) is 6.08 Å². The van der Waals surface area contributed by atoms with Crippen LogP contribution in [0.5, 0.6) is 0 Å². The fourth-order valence-electron chi connectivity index (χ4n) is 6.51. The average molecular weight is 520 g/mol. The largest absolute Gasteiger partial charge is 0.467 e. The number of ether oxygens (including phenoxy) is 4. The second kappa shape index (κ2) is 12.3. The van der Waals surface area contributed by atoms with E-state index in [4.69, 9.17) is 25.5 Å². The molecule has 1 unspecified atom stereocenters. The van der Waals surface area contributed by atoms with Gasteiger partial charge < -0.3 is 18.9 Å².